The predicted molar refractivity (Wildman–Crippen MR) is 66.8 cm³/mol. The number of hydrogen-bond donors (Lipinski definition) is 2. The van der Waals surface area contributed by atoms with E-state index in [-0.39, 0.29) is 0 Å². The molecule has 0 aliphatic carbocycles. The summed E-state index contributed by atoms with van der Waals surface area (Å²) in [5, 5.41) is 11.5. The van der Waals surface area contributed by atoms with Gasteiger partial charge in [0.1, 0.15) is 11.8 Å². The quantitative estimate of drug-likeness (QED) is 0.806. The van der Waals surface area contributed by atoms with Crippen molar-refractivity contribution in [3.63, 3.8) is 0 Å². The van der Waals surface area contributed by atoms with Crippen LogP contribution in [0.5, 0.6) is 5.75 Å². The zero-order chi connectivity index (χ0) is 13.5. The summed E-state index contributed by atoms with van der Waals surface area (Å²) in [5.41, 5.74) is 0.386. The Morgan fingerprint density at radius 3 is 2.72 bits per heavy atom. The highest BCUT2D eigenvalue weighted by Gasteiger charge is 2.19. The van der Waals surface area contributed by atoms with Gasteiger partial charge in [0.25, 0.3) is 5.91 Å². The van der Waals surface area contributed by atoms with E-state index >= 15 is 0 Å². The highest BCUT2D eigenvalue weighted by atomic mass is 16.5. The number of ether oxygens (including phenoxy) is 1. The summed E-state index contributed by atoms with van der Waals surface area (Å²) in [6.07, 6.45) is 1.10. The van der Waals surface area contributed by atoms with Crippen LogP contribution in [0.3, 0.4) is 0 Å². The van der Waals surface area contributed by atoms with Crippen LogP contribution in [0.25, 0.3) is 0 Å². The lowest BCUT2D eigenvalue weighted by molar-refractivity contribution is -0.139. The van der Waals surface area contributed by atoms with Gasteiger partial charge in [-0.05, 0) is 24.6 Å². The zero-order valence-electron chi connectivity index (χ0n) is 10.5. The second-order valence-corrected chi connectivity index (χ2v) is 3.88. The molecule has 0 heterocycles. The molecular formula is C13H17NO4. The molecule has 5 nitrogen and oxygen atoms in total. The normalized spacial score (nSPS) is 11.7. The fourth-order valence-corrected chi connectivity index (χ4v) is 1.55. The lowest BCUT2D eigenvalue weighted by Crippen LogP contribution is -2.40. The van der Waals surface area contributed by atoms with E-state index in [4.69, 9.17) is 9.84 Å². The number of amides is 1. The molecule has 0 saturated heterocycles. The second kappa shape index (κ2) is 6.64. The Morgan fingerprint density at radius 1 is 1.44 bits per heavy atom. The van der Waals surface area contributed by atoms with Crippen LogP contribution in [-0.4, -0.2) is 30.1 Å². The summed E-state index contributed by atoms with van der Waals surface area (Å²) < 4.78 is 5.01. The van der Waals surface area contributed by atoms with E-state index in [1.54, 1.807) is 24.3 Å². The highest BCUT2D eigenvalue weighted by Crippen LogP contribution is 2.12. The maximum absolute atomic E-state index is 11.9. The summed E-state index contributed by atoms with van der Waals surface area (Å²) >= 11 is 0. The molecule has 0 saturated carbocycles. The summed E-state index contributed by atoms with van der Waals surface area (Å²) in [6, 6.07) is 5.73. The van der Waals surface area contributed by atoms with Crippen LogP contribution in [0.4, 0.5) is 0 Å². The van der Waals surface area contributed by atoms with Crippen LogP contribution in [0, 0.1) is 0 Å². The van der Waals surface area contributed by atoms with Crippen molar-refractivity contribution in [2.45, 2.75) is 25.8 Å². The largest absolute Gasteiger partial charge is 0.497 e. The molecule has 1 rings (SSSR count). The number of rotatable bonds is 6. The number of methoxy groups -OCH3 is 1. The van der Waals surface area contributed by atoms with E-state index in [1.165, 1.54) is 7.11 Å². The average Bonchev–Trinajstić information content (AvgIpc) is 2.38. The van der Waals surface area contributed by atoms with Crippen molar-refractivity contribution in [1.82, 2.24) is 5.32 Å². The Hall–Kier alpha value is -2.04. The molecule has 1 aromatic rings. The lowest BCUT2D eigenvalue weighted by Gasteiger charge is -2.13. The van der Waals surface area contributed by atoms with Crippen molar-refractivity contribution in [2.75, 3.05) is 7.11 Å². The number of carbonyl (C=O) groups excluding carboxylic acids is 1. The summed E-state index contributed by atoms with van der Waals surface area (Å²) in [5.74, 6) is -0.868. The fraction of sp³-hybridized carbons (Fsp3) is 0.385. The van der Waals surface area contributed by atoms with Gasteiger partial charge in [-0.2, -0.15) is 0 Å². The first-order valence-electron chi connectivity index (χ1n) is 5.76. The smallest absolute Gasteiger partial charge is 0.326 e. The molecule has 98 valence electrons. The maximum Gasteiger partial charge on any atom is 0.326 e. The van der Waals surface area contributed by atoms with E-state index in [9.17, 15) is 9.59 Å². The van der Waals surface area contributed by atoms with Gasteiger partial charge in [-0.25, -0.2) is 4.79 Å². The van der Waals surface area contributed by atoms with Crippen molar-refractivity contribution < 1.29 is 19.4 Å². The molecule has 1 aromatic carbocycles. The van der Waals surface area contributed by atoms with Crippen LogP contribution in [0.15, 0.2) is 24.3 Å². The Labute approximate surface area is 106 Å². The van der Waals surface area contributed by atoms with Crippen molar-refractivity contribution >= 4 is 11.9 Å². The van der Waals surface area contributed by atoms with Gasteiger partial charge >= 0.3 is 5.97 Å². The lowest BCUT2D eigenvalue weighted by atomic mass is 10.1. The van der Waals surface area contributed by atoms with Gasteiger partial charge in [-0.15, -0.1) is 0 Å². The SMILES string of the molecule is CCC[C@H](NC(=O)c1cccc(OC)c1)C(=O)O. The molecule has 0 bridgehead atoms. The van der Waals surface area contributed by atoms with Gasteiger partial charge in [-0.1, -0.05) is 19.4 Å². The average molecular weight is 251 g/mol. The Bertz CT molecular complexity index is 431. The van der Waals surface area contributed by atoms with Crippen LogP contribution in [0.2, 0.25) is 0 Å². The van der Waals surface area contributed by atoms with E-state index in [1.807, 2.05) is 6.92 Å². The first-order valence-corrected chi connectivity index (χ1v) is 5.76. The third-order valence-corrected chi connectivity index (χ3v) is 2.51. The molecule has 1 amide bonds. The molecular weight excluding hydrogens is 234 g/mol. The summed E-state index contributed by atoms with van der Waals surface area (Å²) in [4.78, 5) is 22.8. The zero-order valence-corrected chi connectivity index (χ0v) is 10.5. The molecule has 0 radical (unpaired) electrons. The molecule has 2 N–H and O–H groups in total. The molecule has 0 fully saturated rings. The Morgan fingerprint density at radius 2 is 2.17 bits per heavy atom. The molecule has 0 aliphatic rings. The van der Waals surface area contributed by atoms with Crippen molar-refractivity contribution in [3.8, 4) is 5.75 Å². The molecule has 1 atom stereocenters. The standard InChI is InChI=1S/C13H17NO4/c1-3-5-11(13(16)17)14-12(15)9-6-4-7-10(8-9)18-2/h4,6-8,11H,3,5H2,1-2H3,(H,14,15)(H,16,17)/t11-/m0/s1. The van der Waals surface area contributed by atoms with Gasteiger partial charge in [0.2, 0.25) is 0 Å². The monoisotopic (exact) mass is 251 g/mol. The summed E-state index contributed by atoms with van der Waals surface area (Å²) in [7, 11) is 1.51. The van der Waals surface area contributed by atoms with Crippen LogP contribution < -0.4 is 10.1 Å². The van der Waals surface area contributed by atoms with E-state index in [2.05, 4.69) is 5.32 Å². The minimum absolute atomic E-state index is 0.386. The topological polar surface area (TPSA) is 75.6 Å². The van der Waals surface area contributed by atoms with Crippen molar-refractivity contribution in [1.29, 1.82) is 0 Å². The minimum atomic E-state index is -1.02. The van der Waals surface area contributed by atoms with E-state index in [0.29, 0.717) is 24.2 Å². The number of carboxylic acids is 1. The first-order chi connectivity index (χ1) is 8.58. The Kier molecular flexibility index (Phi) is 5.17. The predicted octanol–water partition coefficient (Wildman–Crippen LogP) is 1.68. The molecule has 0 spiro atoms. The molecule has 0 unspecified atom stereocenters. The first kappa shape index (κ1) is 14.0. The van der Waals surface area contributed by atoms with Crippen LogP contribution in [-0.2, 0) is 4.79 Å². The summed E-state index contributed by atoms with van der Waals surface area (Å²) in [6.45, 7) is 1.87. The van der Waals surface area contributed by atoms with Gasteiger partial charge in [0, 0.05) is 5.56 Å². The number of benzene rings is 1. The van der Waals surface area contributed by atoms with Crippen LogP contribution in [0.1, 0.15) is 30.1 Å². The van der Waals surface area contributed by atoms with Crippen LogP contribution >= 0.6 is 0 Å². The van der Waals surface area contributed by atoms with Crippen molar-refractivity contribution in [3.05, 3.63) is 29.8 Å². The molecule has 0 aromatic heterocycles. The van der Waals surface area contributed by atoms with Gasteiger partial charge in [0.05, 0.1) is 7.11 Å². The number of nitrogens with one attached hydrogen (secondary N) is 1. The van der Waals surface area contributed by atoms with E-state index in [0.717, 1.165) is 0 Å². The number of carboxylic acid groups (broad SMARTS) is 1. The Balaban J connectivity index is 2.76. The van der Waals surface area contributed by atoms with Gasteiger partial charge in [0.15, 0.2) is 0 Å². The third kappa shape index (κ3) is 3.76. The fourth-order valence-electron chi connectivity index (χ4n) is 1.55. The van der Waals surface area contributed by atoms with Gasteiger partial charge in [-0.3, -0.25) is 4.79 Å². The molecule has 5 heteroatoms. The second-order valence-electron chi connectivity index (χ2n) is 3.88. The number of hydrogen-bond acceptors (Lipinski definition) is 3. The third-order valence-electron chi connectivity index (χ3n) is 2.51. The van der Waals surface area contributed by atoms with Crippen molar-refractivity contribution in [2.24, 2.45) is 0 Å². The number of aliphatic carboxylic acids is 1. The van der Waals surface area contributed by atoms with E-state index < -0.39 is 17.9 Å². The molecule has 0 aliphatic heterocycles. The molecule has 18 heavy (non-hydrogen) atoms. The highest BCUT2D eigenvalue weighted by molar-refractivity contribution is 5.96. The van der Waals surface area contributed by atoms with Gasteiger partial charge < -0.3 is 15.2 Å². The minimum Gasteiger partial charge on any atom is -0.497 e. The number of carbonyl (C=O) groups is 2. The maximum atomic E-state index is 11.9.